The zero-order chi connectivity index (χ0) is 15.4. The van der Waals surface area contributed by atoms with E-state index in [2.05, 4.69) is 16.7 Å². The molecule has 1 amide bonds. The molecule has 2 aromatic rings. The maximum absolute atomic E-state index is 11.9. The molecule has 21 heavy (non-hydrogen) atoms. The summed E-state index contributed by atoms with van der Waals surface area (Å²) in [6.07, 6.45) is 0. The standard InChI is InChI=1S/C17H19ClN2O/c1-11-4-7-16(13(3)8-11)19-10-17(21)20-14-6-5-12(2)15(18)9-14/h4-9,19H,10H2,1-3H3,(H,20,21). The largest absolute Gasteiger partial charge is 0.376 e. The Morgan fingerprint density at radius 1 is 1.05 bits per heavy atom. The monoisotopic (exact) mass is 302 g/mol. The van der Waals surface area contributed by atoms with Crippen molar-refractivity contribution in [3.05, 3.63) is 58.1 Å². The topological polar surface area (TPSA) is 41.1 Å². The molecule has 0 fully saturated rings. The normalized spacial score (nSPS) is 10.3. The number of carbonyl (C=O) groups is 1. The zero-order valence-corrected chi connectivity index (χ0v) is 13.2. The average Bonchev–Trinajstić information content (AvgIpc) is 2.42. The number of halogens is 1. The number of nitrogens with one attached hydrogen (secondary N) is 2. The van der Waals surface area contributed by atoms with E-state index in [1.54, 1.807) is 6.07 Å². The third kappa shape index (κ3) is 4.23. The molecule has 4 heteroatoms. The molecule has 0 heterocycles. The quantitative estimate of drug-likeness (QED) is 0.883. The van der Waals surface area contributed by atoms with Crippen molar-refractivity contribution in [3.63, 3.8) is 0 Å². The van der Waals surface area contributed by atoms with Crippen LogP contribution in [0.5, 0.6) is 0 Å². The lowest BCUT2D eigenvalue weighted by Crippen LogP contribution is -2.22. The highest BCUT2D eigenvalue weighted by molar-refractivity contribution is 6.31. The Bertz CT molecular complexity index is 668. The van der Waals surface area contributed by atoms with Crippen LogP contribution >= 0.6 is 11.6 Å². The van der Waals surface area contributed by atoms with Gasteiger partial charge in [-0.15, -0.1) is 0 Å². The van der Waals surface area contributed by atoms with Gasteiger partial charge in [-0.3, -0.25) is 4.79 Å². The summed E-state index contributed by atoms with van der Waals surface area (Å²) < 4.78 is 0. The SMILES string of the molecule is Cc1ccc(NCC(=O)Nc2ccc(C)c(Cl)c2)c(C)c1. The van der Waals surface area contributed by atoms with Gasteiger partial charge in [0.05, 0.1) is 6.54 Å². The van der Waals surface area contributed by atoms with Crippen LogP contribution in [-0.2, 0) is 4.79 Å². The highest BCUT2D eigenvalue weighted by atomic mass is 35.5. The van der Waals surface area contributed by atoms with Crippen molar-refractivity contribution in [2.75, 3.05) is 17.2 Å². The molecule has 0 saturated carbocycles. The summed E-state index contributed by atoms with van der Waals surface area (Å²) in [6, 6.07) is 11.6. The van der Waals surface area contributed by atoms with Crippen molar-refractivity contribution >= 4 is 28.9 Å². The van der Waals surface area contributed by atoms with Crippen LogP contribution in [0.4, 0.5) is 11.4 Å². The van der Waals surface area contributed by atoms with Crippen molar-refractivity contribution in [2.24, 2.45) is 0 Å². The van der Waals surface area contributed by atoms with Crippen LogP contribution < -0.4 is 10.6 Å². The molecule has 0 aliphatic rings. The zero-order valence-electron chi connectivity index (χ0n) is 12.5. The van der Waals surface area contributed by atoms with Gasteiger partial charge in [0.15, 0.2) is 0 Å². The fourth-order valence-electron chi connectivity index (χ4n) is 2.06. The van der Waals surface area contributed by atoms with E-state index < -0.39 is 0 Å². The minimum atomic E-state index is -0.102. The molecule has 0 bridgehead atoms. The summed E-state index contributed by atoms with van der Waals surface area (Å²) >= 11 is 6.04. The minimum Gasteiger partial charge on any atom is -0.376 e. The van der Waals surface area contributed by atoms with Gasteiger partial charge in [-0.1, -0.05) is 35.4 Å². The number of amides is 1. The number of benzene rings is 2. The van der Waals surface area contributed by atoms with Gasteiger partial charge in [-0.25, -0.2) is 0 Å². The van der Waals surface area contributed by atoms with Gasteiger partial charge in [0.25, 0.3) is 0 Å². The van der Waals surface area contributed by atoms with Gasteiger partial charge in [0.2, 0.25) is 5.91 Å². The van der Waals surface area contributed by atoms with E-state index in [9.17, 15) is 4.79 Å². The smallest absolute Gasteiger partial charge is 0.243 e. The van der Waals surface area contributed by atoms with E-state index in [0.717, 1.165) is 16.8 Å². The van der Waals surface area contributed by atoms with Crippen LogP contribution in [0.3, 0.4) is 0 Å². The van der Waals surface area contributed by atoms with E-state index >= 15 is 0 Å². The predicted octanol–water partition coefficient (Wildman–Crippen LogP) is 4.32. The predicted molar refractivity (Wildman–Crippen MR) is 89.2 cm³/mol. The summed E-state index contributed by atoms with van der Waals surface area (Å²) in [4.78, 5) is 11.9. The Balaban J connectivity index is 1.94. The number of aryl methyl sites for hydroxylation is 3. The molecule has 2 rings (SSSR count). The van der Waals surface area contributed by atoms with Crippen molar-refractivity contribution in [1.82, 2.24) is 0 Å². The molecule has 110 valence electrons. The molecule has 0 atom stereocenters. The maximum atomic E-state index is 11.9. The van der Waals surface area contributed by atoms with Crippen molar-refractivity contribution in [3.8, 4) is 0 Å². The third-order valence-corrected chi connectivity index (χ3v) is 3.68. The van der Waals surface area contributed by atoms with Crippen molar-refractivity contribution in [2.45, 2.75) is 20.8 Å². The Morgan fingerprint density at radius 2 is 1.81 bits per heavy atom. The van der Waals surface area contributed by atoms with Crippen LogP contribution in [0.1, 0.15) is 16.7 Å². The number of carbonyl (C=O) groups excluding carboxylic acids is 1. The van der Waals surface area contributed by atoms with Gasteiger partial charge in [0, 0.05) is 16.4 Å². The van der Waals surface area contributed by atoms with E-state index in [1.165, 1.54) is 5.56 Å². The third-order valence-electron chi connectivity index (χ3n) is 3.28. The van der Waals surface area contributed by atoms with Gasteiger partial charge in [-0.05, 0) is 50.1 Å². The molecule has 2 aromatic carbocycles. The second-order valence-electron chi connectivity index (χ2n) is 5.18. The van der Waals surface area contributed by atoms with Crippen molar-refractivity contribution in [1.29, 1.82) is 0 Å². The molecule has 0 radical (unpaired) electrons. The number of anilines is 2. The summed E-state index contributed by atoms with van der Waals surface area (Å²) in [6.45, 7) is 6.21. The van der Waals surface area contributed by atoms with Crippen LogP contribution in [0, 0.1) is 20.8 Å². The molecule has 0 aliphatic heterocycles. The fourth-order valence-corrected chi connectivity index (χ4v) is 2.24. The fraction of sp³-hybridized carbons (Fsp3) is 0.235. The van der Waals surface area contributed by atoms with Gasteiger partial charge in [-0.2, -0.15) is 0 Å². The number of hydrogen-bond donors (Lipinski definition) is 2. The Morgan fingerprint density at radius 3 is 2.48 bits per heavy atom. The molecule has 0 unspecified atom stereocenters. The highest BCUT2D eigenvalue weighted by Gasteiger charge is 2.05. The molecule has 0 saturated heterocycles. The first-order valence-electron chi connectivity index (χ1n) is 6.83. The molecule has 3 nitrogen and oxygen atoms in total. The van der Waals surface area contributed by atoms with Crippen LogP contribution in [0.2, 0.25) is 5.02 Å². The van der Waals surface area contributed by atoms with Crippen LogP contribution in [-0.4, -0.2) is 12.5 Å². The molecule has 0 spiro atoms. The molecule has 2 N–H and O–H groups in total. The second-order valence-corrected chi connectivity index (χ2v) is 5.59. The van der Waals surface area contributed by atoms with E-state index in [0.29, 0.717) is 10.7 Å². The Labute approximate surface area is 130 Å². The van der Waals surface area contributed by atoms with Gasteiger partial charge < -0.3 is 10.6 Å². The lowest BCUT2D eigenvalue weighted by Gasteiger charge is -2.11. The summed E-state index contributed by atoms with van der Waals surface area (Å²) in [5.74, 6) is -0.102. The van der Waals surface area contributed by atoms with Gasteiger partial charge in [0.1, 0.15) is 0 Å². The Hall–Kier alpha value is -2.00. The Kier molecular flexibility index (Phi) is 4.86. The van der Waals surface area contributed by atoms with Crippen molar-refractivity contribution < 1.29 is 4.79 Å². The maximum Gasteiger partial charge on any atom is 0.243 e. The molecule has 0 aromatic heterocycles. The lowest BCUT2D eigenvalue weighted by molar-refractivity contribution is -0.114. The number of rotatable bonds is 4. The van der Waals surface area contributed by atoms with E-state index in [1.807, 2.05) is 45.0 Å². The van der Waals surface area contributed by atoms with Crippen LogP contribution in [0.15, 0.2) is 36.4 Å². The lowest BCUT2D eigenvalue weighted by atomic mass is 10.1. The molecular formula is C17H19ClN2O. The summed E-state index contributed by atoms with van der Waals surface area (Å²) in [7, 11) is 0. The van der Waals surface area contributed by atoms with E-state index in [-0.39, 0.29) is 12.5 Å². The average molecular weight is 303 g/mol. The van der Waals surface area contributed by atoms with Gasteiger partial charge >= 0.3 is 0 Å². The summed E-state index contributed by atoms with van der Waals surface area (Å²) in [5.41, 5.74) is 5.00. The molecule has 0 aliphatic carbocycles. The van der Waals surface area contributed by atoms with E-state index in [4.69, 9.17) is 11.6 Å². The molecular weight excluding hydrogens is 284 g/mol. The highest BCUT2D eigenvalue weighted by Crippen LogP contribution is 2.20. The summed E-state index contributed by atoms with van der Waals surface area (Å²) in [5, 5.41) is 6.61. The van der Waals surface area contributed by atoms with Crippen LogP contribution in [0.25, 0.3) is 0 Å². The first kappa shape index (κ1) is 15.4. The first-order chi connectivity index (χ1) is 9.95. The minimum absolute atomic E-state index is 0.102. The first-order valence-corrected chi connectivity index (χ1v) is 7.20. The number of hydrogen-bond acceptors (Lipinski definition) is 2. The second kappa shape index (κ2) is 6.64.